The minimum atomic E-state index is -4.42. The number of halogens is 3. The topological polar surface area (TPSA) is 106 Å². The summed E-state index contributed by atoms with van der Waals surface area (Å²) in [4.78, 5) is 12.7. The Hall–Kier alpha value is -3.21. The van der Waals surface area contributed by atoms with Crippen LogP contribution in [-0.2, 0) is 11.0 Å². The zero-order valence-corrected chi connectivity index (χ0v) is 16.8. The SMILES string of the molecule is Cc1cc(-c2nc(C(C)O)nn2-c2ccc(C(F)(F)F)cc2)nn1C(C)C.O=CO. The molecule has 1 atom stereocenters. The normalized spacial score (nSPS) is 12.4. The van der Waals surface area contributed by atoms with Crippen LogP contribution < -0.4 is 0 Å². The molecule has 3 aromatic rings. The minimum Gasteiger partial charge on any atom is -0.483 e. The fourth-order valence-corrected chi connectivity index (χ4v) is 2.76. The van der Waals surface area contributed by atoms with Crippen molar-refractivity contribution in [2.45, 2.75) is 46.0 Å². The lowest BCUT2D eigenvalue weighted by atomic mass is 10.2. The number of carbonyl (C=O) groups is 1. The summed E-state index contributed by atoms with van der Waals surface area (Å²) in [6.45, 7) is 7.16. The summed E-state index contributed by atoms with van der Waals surface area (Å²) in [6, 6.07) is 6.58. The van der Waals surface area contributed by atoms with Gasteiger partial charge in [0.2, 0.25) is 0 Å². The quantitative estimate of drug-likeness (QED) is 0.616. The molecule has 3 rings (SSSR count). The van der Waals surface area contributed by atoms with E-state index in [0.717, 1.165) is 17.8 Å². The number of benzene rings is 1. The van der Waals surface area contributed by atoms with Crippen LogP contribution in [0.25, 0.3) is 17.2 Å². The lowest BCUT2D eigenvalue weighted by molar-refractivity contribution is -0.137. The van der Waals surface area contributed by atoms with E-state index in [9.17, 15) is 18.3 Å². The predicted octanol–water partition coefficient (Wildman–Crippen LogP) is 3.79. The van der Waals surface area contributed by atoms with Crippen LogP contribution in [0, 0.1) is 6.92 Å². The van der Waals surface area contributed by atoms with Gasteiger partial charge < -0.3 is 10.2 Å². The smallest absolute Gasteiger partial charge is 0.416 e. The molecule has 0 amide bonds. The summed E-state index contributed by atoms with van der Waals surface area (Å²) in [5, 5.41) is 25.5. The van der Waals surface area contributed by atoms with E-state index in [1.165, 1.54) is 23.7 Å². The van der Waals surface area contributed by atoms with Crippen LogP contribution in [0.5, 0.6) is 0 Å². The average Bonchev–Trinajstić information content (AvgIpc) is 3.25. The standard InChI is InChI=1S/C18H20F3N5O.CH2O2/c1-10(2)25-11(3)9-15(23-25)17-22-16(12(4)27)24-26(17)14-7-5-13(6-8-14)18(19,20)21;2-1-3/h5-10,12,27H,1-4H3;1H,(H,2,3). The molecule has 0 radical (unpaired) electrons. The number of aliphatic hydroxyl groups excluding tert-OH is 1. The van der Waals surface area contributed by atoms with Crippen LogP contribution in [0.4, 0.5) is 13.2 Å². The van der Waals surface area contributed by atoms with Crippen molar-refractivity contribution in [3.8, 4) is 17.2 Å². The van der Waals surface area contributed by atoms with Crippen molar-refractivity contribution in [2.24, 2.45) is 0 Å². The Morgan fingerprint density at radius 3 is 2.10 bits per heavy atom. The first-order chi connectivity index (χ1) is 14.0. The molecule has 30 heavy (non-hydrogen) atoms. The second-order valence-electron chi connectivity index (χ2n) is 6.74. The minimum absolute atomic E-state index is 0.137. The third kappa shape index (κ3) is 5.03. The third-order valence-corrected chi connectivity index (χ3v) is 4.08. The highest BCUT2D eigenvalue weighted by molar-refractivity contribution is 5.54. The number of aliphatic hydroxyl groups is 1. The van der Waals surface area contributed by atoms with Crippen molar-refractivity contribution >= 4 is 6.47 Å². The van der Waals surface area contributed by atoms with E-state index in [1.807, 2.05) is 31.5 Å². The highest BCUT2D eigenvalue weighted by atomic mass is 19.4. The number of rotatable bonds is 4. The third-order valence-electron chi connectivity index (χ3n) is 4.08. The average molecular weight is 425 g/mol. The Kier molecular flexibility index (Phi) is 6.98. The van der Waals surface area contributed by atoms with Gasteiger partial charge in [0, 0.05) is 11.7 Å². The Bertz CT molecular complexity index is 992. The van der Waals surface area contributed by atoms with Crippen molar-refractivity contribution in [1.29, 1.82) is 0 Å². The van der Waals surface area contributed by atoms with Gasteiger partial charge in [-0.15, -0.1) is 5.10 Å². The monoisotopic (exact) mass is 425 g/mol. The van der Waals surface area contributed by atoms with Gasteiger partial charge in [-0.05, 0) is 58.0 Å². The maximum Gasteiger partial charge on any atom is 0.416 e. The number of nitrogens with zero attached hydrogens (tertiary/aromatic N) is 5. The first kappa shape index (κ1) is 23.1. The highest BCUT2D eigenvalue weighted by Gasteiger charge is 2.30. The molecular weight excluding hydrogens is 403 g/mol. The maximum atomic E-state index is 12.8. The van der Waals surface area contributed by atoms with Crippen LogP contribution in [-0.4, -0.2) is 41.2 Å². The van der Waals surface area contributed by atoms with Gasteiger partial charge in [0.25, 0.3) is 6.47 Å². The molecule has 0 aliphatic rings. The number of hydrogen-bond acceptors (Lipinski definition) is 5. The van der Waals surface area contributed by atoms with E-state index in [1.54, 1.807) is 0 Å². The molecule has 11 heteroatoms. The largest absolute Gasteiger partial charge is 0.483 e. The molecule has 8 nitrogen and oxygen atoms in total. The van der Waals surface area contributed by atoms with Gasteiger partial charge in [-0.1, -0.05) is 0 Å². The van der Waals surface area contributed by atoms with Crippen LogP contribution in [0.15, 0.2) is 30.3 Å². The Labute approximate surface area is 170 Å². The summed E-state index contributed by atoms with van der Waals surface area (Å²) >= 11 is 0. The zero-order valence-electron chi connectivity index (χ0n) is 16.8. The predicted molar refractivity (Wildman–Crippen MR) is 102 cm³/mol. The van der Waals surface area contributed by atoms with Gasteiger partial charge in [-0.25, -0.2) is 9.67 Å². The molecular formula is C19H22F3N5O3. The Morgan fingerprint density at radius 2 is 1.67 bits per heavy atom. The van der Waals surface area contributed by atoms with Crippen molar-refractivity contribution in [3.63, 3.8) is 0 Å². The van der Waals surface area contributed by atoms with Crippen molar-refractivity contribution in [3.05, 3.63) is 47.4 Å². The van der Waals surface area contributed by atoms with Crippen molar-refractivity contribution in [2.75, 3.05) is 0 Å². The van der Waals surface area contributed by atoms with Crippen LogP contribution in [0.1, 0.15) is 50.0 Å². The highest BCUT2D eigenvalue weighted by Crippen LogP contribution is 2.30. The summed E-state index contributed by atoms with van der Waals surface area (Å²) in [5.74, 6) is 0.523. The molecule has 1 aromatic carbocycles. The summed E-state index contributed by atoms with van der Waals surface area (Å²) < 4.78 is 41.7. The molecule has 2 N–H and O–H groups in total. The summed E-state index contributed by atoms with van der Waals surface area (Å²) in [6.07, 6.45) is -5.34. The van der Waals surface area contributed by atoms with E-state index in [4.69, 9.17) is 9.90 Å². The van der Waals surface area contributed by atoms with E-state index in [2.05, 4.69) is 15.2 Å². The first-order valence-electron chi connectivity index (χ1n) is 8.96. The lowest BCUT2D eigenvalue weighted by Crippen LogP contribution is -2.07. The number of aromatic nitrogens is 5. The maximum absolute atomic E-state index is 12.8. The van der Waals surface area contributed by atoms with Crippen LogP contribution >= 0.6 is 0 Å². The van der Waals surface area contributed by atoms with Gasteiger partial charge in [0.15, 0.2) is 11.6 Å². The molecule has 0 aliphatic carbocycles. The van der Waals surface area contributed by atoms with Gasteiger partial charge in [-0.2, -0.15) is 18.3 Å². The van der Waals surface area contributed by atoms with Crippen LogP contribution in [0.2, 0.25) is 0 Å². The van der Waals surface area contributed by atoms with Crippen molar-refractivity contribution in [1.82, 2.24) is 24.5 Å². The van der Waals surface area contributed by atoms with Gasteiger partial charge in [0.1, 0.15) is 11.8 Å². The van der Waals surface area contributed by atoms with Gasteiger partial charge in [-0.3, -0.25) is 9.48 Å². The molecule has 2 aromatic heterocycles. The van der Waals surface area contributed by atoms with Crippen molar-refractivity contribution < 1.29 is 28.2 Å². The fraction of sp³-hybridized carbons (Fsp3) is 0.368. The molecule has 2 heterocycles. The Morgan fingerprint density at radius 1 is 1.10 bits per heavy atom. The number of carboxylic acid groups (broad SMARTS) is 1. The molecule has 0 bridgehead atoms. The van der Waals surface area contributed by atoms with Gasteiger partial charge >= 0.3 is 6.18 Å². The van der Waals surface area contributed by atoms with E-state index < -0.39 is 17.8 Å². The summed E-state index contributed by atoms with van der Waals surface area (Å²) in [5.41, 5.74) is 1.10. The number of alkyl halides is 3. The molecule has 0 spiro atoms. The van der Waals surface area contributed by atoms with E-state index >= 15 is 0 Å². The molecule has 1 unspecified atom stereocenters. The molecule has 0 saturated heterocycles. The molecule has 0 fully saturated rings. The van der Waals surface area contributed by atoms with Gasteiger partial charge in [0.05, 0.1) is 11.3 Å². The van der Waals surface area contributed by atoms with E-state index in [-0.39, 0.29) is 18.3 Å². The molecule has 162 valence electrons. The molecule has 0 aliphatic heterocycles. The fourth-order valence-electron chi connectivity index (χ4n) is 2.76. The zero-order chi connectivity index (χ0) is 22.6. The molecule has 0 saturated carbocycles. The first-order valence-corrected chi connectivity index (χ1v) is 8.96. The number of hydrogen-bond donors (Lipinski definition) is 2. The van der Waals surface area contributed by atoms with Crippen LogP contribution in [0.3, 0.4) is 0 Å². The Balaban J connectivity index is 0.00000101. The number of aryl methyl sites for hydroxylation is 1. The van der Waals surface area contributed by atoms with E-state index in [0.29, 0.717) is 17.2 Å². The summed E-state index contributed by atoms with van der Waals surface area (Å²) in [7, 11) is 0. The second kappa shape index (κ2) is 9.08. The second-order valence-corrected chi connectivity index (χ2v) is 6.74. The lowest BCUT2D eigenvalue weighted by Gasteiger charge is -2.09.